The Morgan fingerprint density at radius 1 is 1.21 bits per heavy atom. The van der Waals surface area contributed by atoms with Gasteiger partial charge in [-0.3, -0.25) is 4.79 Å². The molecule has 3 aliphatic rings. The molecule has 6 nitrogen and oxygen atoms in total. The second-order valence-electron chi connectivity index (χ2n) is 7.91. The molecule has 0 N–H and O–H groups in total. The van der Waals surface area contributed by atoms with Crippen molar-refractivity contribution in [3.8, 4) is 6.07 Å². The lowest BCUT2D eigenvalue weighted by Crippen LogP contribution is -2.50. The molecule has 0 aliphatic carbocycles. The van der Waals surface area contributed by atoms with E-state index in [1.165, 1.54) is 12.3 Å². The van der Waals surface area contributed by atoms with Crippen LogP contribution in [-0.4, -0.2) is 40.7 Å². The molecule has 0 radical (unpaired) electrons. The fourth-order valence-corrected chi connectivity index (χ4v) is 4.85. The molecule has 1 spiro atoms. The van der Waals surface area contributed by atoms with E-state index in [-0.39, 0.29) is 29.6 Å². The Morgan fingerprint density at radius 2 is 1.97 bits per heavy atom. The number of nitriles is 1. The Labute approximate surface area is 168 Å². The van der Waals surface area contributed by atoms with Crippen molar-refractivity contribution >= 4 is 11.7 Å². The molecule has 7 heteroatoms. The minimum Gasteiger partial charge on any atom is -0.354 e. The number of fused-ring (bicyclic) bond motifs is 1. The number of hydrogen-bond donors (Lipinski definition) is 0. The first kappa shape index (κ1) is 18.1. The number of carbonyl (C=O) groups is 1. The van der Waals surface area contributed by atoms with Gasteiger partial charge in [0.25, 0.3) is 5.91 Å². The number of carbonyl (C=O) groups excluding carboxylic acids is 1. The van der Waals surface area contributed by atoms with E-state index in [1.807, 2.05) is 34.1 Å². The largest absolute Gasteiger partial charge is 0.354 e. The van der Waals surface area contributed by atoms with Crippen LogP contribution in [0.3, 0.4) is 0 Å². The lowest BCUT2D eigenvalue weighted by Gasteiger charge is -2.38. The van der Waals surface area contributed by atoms with E-state index in [0.717, 1.165) is 18.4 Å². The number of ether oxygens (including phenoxy) is 1. The second kappa shape index (κ2) is 6.82. The quantitative estimate of drug-likeness (QED) is 0.785. The van der Waals surface area contributed by atoms with Crippen molar-refractivity contribution in [2.75, 3.05) is 18.0 Å². The predicted molar refractivity (Wildman–Crippen MR) is 103 cm³/mol. The van der Waals surface area contributed by atoms with Gasteiger partial charge in [-0.1, -0.05) is 30.3 Å². The summed E-state index contributed by atoms with van der Waals surface area (Å²) in [4.78, 5) is 21.3. The molecule has 148 valence electrons. The maximum atomic E-state index is 14.3. The predicted octanol–water partition coefficient (Wildman–Crippen LogP) is 3.15. The van der Waals surface area contributed by atoms with Gasteiger partial charge >= 0.3 is 0 Å². The molecule has 2 atom stereocenters. The number of hydrogen-bond acceptors (Lipinski definition) is 5. The Kier molecular flexibility index (Phi) is 4.25. The van der Waals surface area contributed by atoms with Gasteiger partial charge in [0.2, 0.25) is 0 Å². The summed E-state index contributed by atoms with van der Waals surface area (Å²) in [6.07, 6.45) is 3.94. The van der Waals surface area contributed by atoms with E-state index in [9.17, 15) is 9.18 Å². The van der Waals surface area contributed by atoms with Crippen LogP contribution in [0.15, 0.2) is 42.6 Å². The molecule has 1 aromatic carbocycles. The number of pyridine rings is 1. The monoisotopic (exact) mass is 392 g/mol. The zero-order valence-corrected chi connectivity index (χ0v) is 15.9. The third-order valence-corrected chi connectivity index (χ3v) is 6.32. The highest BCUT2D eigenvalue weighted by atomic mass is 19.1. The standard InChI is InChI=1S/C22H21FN4O2/c23-17-12-15(13-24)14-25-20(17)26-10-8-22(9-11-26)21(28)27-18(6-7-19(27)29-22)16-4-2-1-3-5-16/h1-5,12,14,18-19H,6-11H2/t18-,19+/m0/s1. The van der Waals surface area contributed by atoms with Crippen molar-refractivity contribution in [2.45, 2.75) is 43.6 Å². The summed E-state index contributed by atoms with van der Waals surface area (Å²) in [5.74, 6) is -0.225. The molecular formula is C22H21FN4O2. The van der Waals surface area contributed by atoms with Crippen molar-refractivity contribution in [3.05, 3.63) is 59.5 Å². The zero-order valence-electron chi connectivity index (χ0n) is 15.9. The lowest BCUT2D eigenvalue weighted by atomic mass is 9.89. The number of piperidine rings is 1. The highest BCUT2D eigenvalue weighted by Crippen LogP contribution is 2.47. The number of halogens is 1. The third kappa shape index (κ3) is 2.87. The van der Waals surface area contributed by atoms with Gasteiger partial charge in [0.05, 0.1) is 11.6 Å². The fourth-order valence-electron chi connectivity index (χ4n) is 4.85. The Bertz CT molecular complexity index is 982. The summed E-state index contributed by atoms with van der Waals surface area (Å²) < 4.78 is 20.7. The second-order valence-corrected chi connectivity index (χ2v) is 7.91. The topological polar surface area (TPSA) is 69.5 Å². The van der Waals surface area contributed by atoms with E-state index in [0.29, 0.717) is 25.9 Å². The van der Waals surface area contributed by atoms with E-state index in [4.69, 9.17) is 10.00 Å². The summed E-state index contributed by atoms with van der Waals surface area (Å²) in [7, 11) is 0. The summed E-state index contributed by atoms with van der Waals surface area (Å²) in [6, 6.07) is 13.2. The van der Waals surface area contributed by atoms with Gasteiger partial charge < -0.3 is 14.5 Å². The van der Waals surface area contributed by atoms with Crippen molar-refractivity contribution in [1.82, 2.24) is 9.88 Å². The van der Waals surface area contributed by atoms with Gasteiger partial charge in [-0.2, -0.15) is 5.26 Å². The van der Waals surface area contributed by atoms with Crippen molar-refractivity contribution in [2.24, 2.45) is 0 Å². The van der Waals surface area contributed by atoms with E-state index < -0.39 is 11.4 Å². The molecule has 3 aliphatic heterocycles. The summed E-state index contributed by atoms with van der Waals surface area (Å²) in [5.41, 5.74) is 0.518. The number of benzene rings is 1. The first-order chi connectivity index (χ1) is 14.1. The molecular weight excluding hydrogens is 371 g/mol. The van der Waals surface area contributed by atoms with Gasteiger partial charge in [0, 0.05) is 32.1 Å². The summed E-state index contributed by atoms with van der Waals surface area (Å²) in [5, 5.41) is 8.89. The van der Waals surface area contributed by atoms with Crippen LogP contribution in [0.4, 0.5) is 10.2 Å². The molecule has 4 heterocycles. The lowest BCUT2D eigenvalue weighted by molar-refractivity contribution is -0.140. The van der Waals surface area contributed by atoms with Crippen molar-refractivity contribution in [1.29, 1.82) is 5.26 Å². The maximum absolute atomic E-state index is 14.3. The Morgan fingerprint density at radius 3 is 2.66 bits per heavy atom. The van der Waals surface area contributed by atoms with Crippen LogP contribution in [0.2, 0.25) is 0 Å². The fraction of sp³-hybridized carbons (Fsp3) is 0.409. The number of amides is 1. The SMILES string of the molecule is N#Cc1cnc(N2CCC3(CC2)O[C@@H]2CC[C@@H](c4ccccc4)N2C3=O)c(F)c1. The average molecular weight is 392 g/mol. The van der Waals surface area contributed by atoms with Crippen LogP contribution in [0.25, 0.3) is 0 Å². The minimum absolute atomic E-state index is 0.0572. The van der Waals surface area contributed by atoms with Gasteiger partial charge in [0.1, 0.15) is 12.3 Å². The minimum atomic E-state index is -0.822. The molecule has 1 aromatic heterocycles. The molecule has 2 aromatic rings. The maximum Gasteiger partial charge on any atom is 0.257 e. The normalized spacial score (nSPS) is 25.3. The molecule has 0 unspecified atom stereocenters. The molecule has 29 heavy (non-hydrogen) atoms. The number of rotatable bonds is 2. The van der Waals surface area contributed by atoms with Crippen LogP contribution in [0.5, 0.6) is 0 Å². The van der Waals surface area contributed by atoms with E-state index >= 15 is 0 Å². The Balaban J connectivity index is 1.33. The van der Waals surface area contributed by atoms with Crippen molar-refractivity contribution < 1.29 is 13.9 Å². The van der Waals surface area contributed by atoms with Gasteiger partial charge in [-0.15, -0.1) is 0 Å². The van der Waals surface area contributed by atoms with Gasteiger partial charge in [-0.25, -0.2) is 9.37 Å². The van der Waals surface area contributed by atoms with E-state index in [1.54, 1.807) is 0 Å². The molecule has 0 bridgehead atoms. The molecule has 1 amide bonds. The summed E-state index contributed by atoms with van der Waals surface area (Å²) >= 11 is 0. The van der Waals surface area contributed by atoms with Gasteiger partial charge in [-0.05, 0) is 24.5 Å². The van der Waals surface area contributed by atoms with Crippen LogP contribution < -0.4 is 4.90 Å². The Hall–Kier alpha value is -2.98. The highest BCUT2D eigenvalue weighted by molar-refractivity contribution is 5.88. The molecule has 5 rings (SSSR count). The average Bonchev–Trinajstić information content (AvgIpc) is 3.28. The number of aromatic nitrogens is 1. The van der Waals surface area contributed by atoms with Crippen molar-refractivity contribution in [3.63, 3.8) is 0 Å². The van der Waals surface area contributed by atoms with Crippen LogP contribution in [0, 0.1) is 17.1 Å². The number of nitrogens with zero attached hydrogens (tertiary/aromatic N) is 4. The van der Waals surface area contributed by atoms with Crippen LogP contribution in [-0.2, 0) is 9.53 Å². The van der Waals surface area contributed by atoms with E-state index in [2.05, 4.69) is 17.1 Å². The smallest absolute Gasteiger partial charge is 0.257 e. The third-order valence-electron chi connectivity index (χ3n) is 6.32. The molecule has 0 saturated carbocycles. The number of anilines is 1. The summed E-state index contributed by atoms with van der Waals surface area (Å²) in [6.45, 7) is 0.968. The van der Waals surface area contributed by atoms with Crippen LogP contribution >= 0.6 is 0 Å². The van der Waals surface area contributed by atoms with Crippen LogP contribution in [0.1, 0.15) is 42.9 Å². The zero-order chi connectivity index (χ0) is 20.0. The first-order valence-corrected chi connectivity index (χ1v) is 9.97. The molecule has 3 saturated heterocycles. The van der Waals surface area contributed by atoms with Gasteiger partial charge in [0.15, 0.2) is 17.2 Å². The highest BCUT2D eigenvalue weighted by Gasteiger charge is 2.58. The first-order valence-electron chi connectivity index (χ1n) is 9.97. The molecule has 3 fully saturated rings.